The predicted molar refractivity (Wildman–Crippen MR) is 92.3 cm³/mol. The summed E-state index contributed by atoms with van der Waals surface area (Å²) in [5.41, 5.74) is -1.62. The number of hydrogen-bond donors (Lipinski definition) is 1. The van der Waals surface area contributed by atoms with E-state index in [1.807, 2.05) is 0 Å². The van der Waals surface area contributed by atoms with Crippen LogP contribution in [0.15, 0.2) is 48.7 Å². The summed E-state index contributed by atoms with van der Waals surface area (Å²) in [7, 11) is 1.44. The fraction of sp³-hybridized carbons (Fsp3) is 0.118. The number of ether oxygens (including phenoxy) is 1. The minimum absolute atomic E-state index is 0.00138. The van der Waals surface area contributed by atoms with Gasteiger partial charge < -0.3 is 10.1 Å². The lowest BCUT2D eigenvalue weighted by molar-refractivity contribution is -0.143. The molecule has 1 N–H and O–H groups in total. The van der Waals surface area contributed by atoms with Crippen molar-refractivity contribution in [2.24, 2.45) is 0 Å². The number of aromatic nitrogens is 3. The number of halogens is 4. The molecule has 27 heavy (non-hydrogen) atoms. The van der Waals surface area contributed by atoms with E-state index in [1.165, 1.54) is 37.4 Å². The Kier molecular flexibility index (Phi) is 5.04. The van der Waals surface area contributed by atoms with E-state index in [0.29, 0.717) is 10.4 Å². The predicted octanol–water partition coefficient (Wildman–Crippen LogP) is 4.20. The number of amides is 1. The molecular formula is C17H12ClF3N4O2. The minimum Gasteiger partial charge on any atom is -0.497 e. The van der Waals surface area contributed by atoms with E-state index in [1.54, 1.807) is 12.1 Å². The normalized spacial score (nSPS) is 11.3. The van der Waals surface area contributed by atoms with Crippen LogP contribution in [0.3, 0.4) is 0 Å². The molecule has 0 saturated heterocycles. The van der Waals surface area contributed by atoms with Crippen LogP contribution in [0.5, 0.6) is 5.75 Å². The van der Waals surface area contributed by atoms with Crippen molar-refractivity contribution in [3.05, 3.63) is 65.1 Å². The Morgan fingerprint density at radius 2 is 1.96 bits per heavy atom. The van der Waals surface area contributed by atoms with Gasteiger partial charge >= 0.3 is 6.18 Å². The highest BCUT2D eigenvalue weighted by Gasteiger charge is 2.41. The Labute approximate surface area is 156 Å². The SMILES string of the molecule is COc1cccc(NC(=O)c2cnn(-c3cccc(Cl)n3)c2C(F)(F)F)c1. The van der Waals surface area contributed by atoms with E-state index in [4.69, 9.17) is 16.3 Å². The number of benzene rings is 1. The molecule has 0 aliphatic carbocycles. The first-order chi connectivity index (χ1) is 12.8. The van der Waals surface area contributed by atoms with Gasteiger partial charge in [-0.3, -0.25) is 4.79 Å². The number of carbonyl (C=O) groups is 1. The monoisotopic (exact) mass is 396 g/mol. The van der Waals surface area contributed by atoms with Crippen molar-refractivity contribution in [3.63, 3.8) is 0 Å². The summed E-state index contributed by atoms with van der Waals surface area (Å²) in [5.74, 6) is -0.679. The average molecular weight is 397 g/mol. The van der Waals surface area contributed by atoms with Gasteiger partial charge in [0.1, 0.15) is 10.9 Å². The van der Waals surface area contributed by atoms with Gasteiger partial charge in [0.15, 0.2) is 11.5 Å². The second-order valence-corrected chi connectivity index (χ2v) is 5.71. The first kappa shape index (κ1) is 18.7. The highest BCUT2D eigenvalue weighted by molar-refractivity contribution is 6.29. The molecule has 0 saturated carbocycles. The van der Waals surface area contributed by atoms with Gasteiger partial charge in [0.05, 0.1) is 18.9 Å². The number of carbonyl (C=O) groups excluding carboxylic acids is 1. The number of methoxy groups -OCH3 is 1. The summed E-state index contributed by atoms with van der Waals surface area (Å²) in [6.45, 7) is 0. The van der Waals surface area contributed by atoms with Gasteiger partial charge in [-0.15, -0.1) is 0 Å². The van der Waals surface area contributed by atoms with Crippen LogP contribution in [0.25, 0.3) is 5.82 Å². The number of anilines is 1. The number of pyridine rings is 1. The first-order valence-corrected chi connectivity index (χ1v) is 7.91. The zero-order chi connectivity index (χ0) is 19.6. The van der Waals surface area contributed by atoms with Crippen molar-refractivity contribution in [2.45, 2.75) is 6.18 Å². The summed E-state index contributed by atoms with van der Waals surface area (Å²) < 4.78 is 46.4. The molecule has 10 heteroatoms. The van der Waals surface area contributed by atoms with Crippen LogP contribution < -0.4 is 10.1 Å². The third kappa shape index (κ3) is 4.03. The number of alkyl halides is 3. The average Bonchev–Trinajstić information content (AvgIpc) is 3.07. The molecule has 3 aromatic rings. The third-order valence-electron chi connectivity index (χ3n) is 3.53. The lowest BCUT2D eigenvalue weighted by atomic mass is 10.2. The summed E-state index contributed by atoms with van der Waals surface area (Å²) in [4.78, 5) is 16.3. The molecular weight excluding hydrogens is 385 g/mol. The second kappa shape index (κ2) is 7.28. The molecule has 2 heterocycles. The summed E-state index contributed by atoms with van der Waals surface area (Å²) in [5, 5.41) is 6.08. The zero-order valence-corrected chi connectivity index (χ0v) is 14.5. The second-order valence-electron chi connectivity index (χ2n) is 5.32. The highest BCUT2D eigenvalue weighted by Crippen LogP contribution is 2.34. The zero-order valence-electron chi connectivity index (χ0n) is 13.8. The topological polar surface area (TPSA) is 69.0 Å². The summed E-state index contributed by atoms with van der Waals surface area (Å²) in [6.07, 6.45) is -4.01. The van der Waals surface area contributed by atoms with Crippen LogP contribution >= 0.6 is 11.6 Å². The molecule has 0 unspecified atom stereocenters. The standard InChI is InChI=1S/C17H12ClF3N4O2/c1-27-11-5-2-4-10(8-11)23-16(26)12-9-22-25(15(12)17(19,20)21)14-7-3-6-13(18)24-14/h2-9H,1H3,(H,23,26). The lowest BCUT2D eigenvalue weighted by Gasteiger charge is -2.12. The first-order valence-electron chi connectivity index (χ1n) is 7.53. The van der Waals surface area contributed by atoms with Crippen LogP contribution in [0.1, 0.15) is 16.1 Å². The molecule has 6 nitrogen and oxygen atoms in total. The van der Waals surface area contributed by atoms with Crippen LogP contribution in [-0.4, -0.2) is 27.8 Å². The lowest BCUT2D eigenvalue weighted by Crippen LogP contribution is -2.21. The van der Waals surface area contributed by atoms with Crippen molar-refractivity contribution in [3.8, 4) is 11.6 Å². The van der Waals surface area contributed by atoms with Crippen LogP contribution in [0, 0.1) is 0 Å². The number of nitrogens with zero attached hydrogens (tertiary/aromatic N) is 3. The Hall–Kier alpha value is -3.07. The maximum atomic E-state index is 13.6. The number of hydrogen-bond acceptors (Lipinski definition) is 4. The molecule has 1 aromatic carbocycles. The van der Waals surface area contributed by atoms with E-state index >= 15 is 0 Å². The molecule has 1 amide bonds. The van der Waals surface area contributed by atoms with E-state index < -0.39 is 23.3 Å². The maximum Gasteiger partial charge on any atom is 0.434 e. The van der Waals surface area contributed by atoms with Crippen LogP contribution in [-0.2, 0) is 6.18 Å². The fourth-order valence-electron chi connectivity index (χ4n) is 2.38. The number of nitrogens with one attached hydrogen (secondary N) is 1. The molecule has 0 spiro atoms. The molecule has 2 aromatic heterocycles. The Morgan fingerprint density at radius 3 is 2.63 bits per heavy atom. The van der Waals surface area contributed by atoms with E-state index in [-0.39, 0.29) is 16.7 Å². The van der Waals surface area contributed by atoms with Gasteiger partial charge in [0, 0.05) is 11.8 Å². The molecule has 0 aliphatic rings. The third-order valence-corrected chi connectivity index (χ3v) is 3.74. The highest BCUT2D eigenvalue weighted by atomic mass is 35.5. The quantitative estimate of drug-likeness (QED) is 0.671. The van der Waals surface area contributed by atoms with Gasteiger partial charge in [-0.25, -0.2) is 9.67 Å². The molecule has 140 valence electrons. The molecule has 0 aliphatic heterocycles. The van der Waals surface area contributed by atoms with Gasteiger partial charge in [-0.1, -0.05) is 23.7 Å². The van der Waals surface area contributed by atoms with E-state index in [2.05, 4.69) is 15.4 Å². The smallest absolute Gasteiger partial charge is 0.434 e. The maximum absolute atomic E-state index is 13.6. The molecule has 0 fully saturated rings. The van der Waals surface area contributed by atoms with Gasteiger partial charge in [0.2, 0.25) is 0 Å². The van der Waals surface area contributed by atoms with Gasteiger partial charge in [-0.05, 0) is 24.3 Å². The van der Waals surface area contributed by atoms with Crippen molar-refractivity contribution in [2.75, 3.05) is 12.4 Å². The van der Waals surface area contributed by atoms with Crippen molar-refractivity contribution in [1.82, 2.24) is 14.8 Å². The Morgan fingerprint density at radius 1 is 1.22 bits per heavy atom. The molecule has 3 rings (SSSR count). The van der Waals surface area contributed by atoms with Crippen molar-refractivity contribution < 1.29 is 22.7 Å². The summed E-state index contributed by atoms with van der Waals surface area (Å²) >= 11 is 5.74. The summed E-state index contributed by atoms with van der Waals surface area (Å²) in [6, 6.07) is 10.4. The van der Waals surface area contributed by atoms with E-state index in [0.717, 1.165) is 6.20 Å². The van der Waals surface area contributed by atoms with Crippen molar-refractivity contribution in [1.29, 1.82) is 0 Å². The van der Waals surface area contributed by atoms with E-state index in [9.17, 15) is 18.0 Å². The fourth-order valence-corrected chi connectivity index (χ4v) is 2.54. The van der Waals surface area contributed by atoms with Crippen LogP contribution in [0.4, 0.5) is 18.9 Å². The number of rotatable bonds is 4. The Bertz CT molecular complexity index is 988. The molecule has 0 bridgehead atoms. The minimum atomic E-state index is -4.85. The van der Waals surface area contributed by atoms with Gasteiger partial charge in [0.25, 0.3) is 5.91 Å². The largest absolute Gasteiger partial charge is 0.497 e. The van der Waals surface area contributed by atoms with Crippen LogP contribution in [0.2, 0.25) is 5.15 Å². The van der Waals surface area contributed by atoms with Crippen molar-refractivity contribution >= 4 is 23.2 Å². The Balaban J connectivity index is 2.01. The molecule has 0 radical (unpaired) electrons. The van der Waals surface area contributed by atoms with Gasteiger partial charge in [-0.2, -0.15) is 18.3 Å². The molecule has 0 atom stereocenters.